The van der Waals surface area contributed by atoms with Gasteiger partial charge in [0.2, 0.25) is 6.29 Å². The Bertz CT molecular complexity index is 1680. The van der Waals surface area contributed by atoms with Crippen molar-refractivity contribution < 1.29 is 59.2 Å². The normalized spacial score (nSPS) is 22.1. The van der Waals surface area contributed by atoms with Crippen molar-refractivity contribution in [2.24, 2.45) is 0 Å². The Balaban J connectivity index is 1.37. The maximum Gasteiger partial charge on any atom is 0.330 e. The highest BCUT2D eigenvalue weighted by Crippen LogP contribution is 2.41. The van der Waals surface area contributed by atoms with Crippen LogP contribution in [0.2, 0.25) is 0 Å². The number of benzene rings is 3. The van der Waals surface area contributed by atoms with Gasteiger partial charge in [0.15, 0.2) is 28.4 Å². The number of hydrogen-bond donors (Lipinski definition) is 7. The van der Waals surface area contributed by atoms with Gasteiger partial charge in [0.1, 0.15) is 48.3 Å². The van der Waals surface area contributed by atoms with Crippen molar-refractivity contribution in [2.75, 3.05) is 6.61 Å². The number of aromatic hydroxyl groups is 4. The van der Waals surface area contributed by atoms with Crippen molar-refractivity contribution in [1.29, 1.82) is 0 Å². The molecule has 1 fully saturated rings. The Hall–Kier alpha value is -5.08. The third kappa shape index (κ3) is 6.39. The third-order valence-electron chi connectivity index (χ3n) is 6.65. The first kappa shape index (κ1) is 29.4. The van der Waals surface area contributed by atoms with Gasteiger partial charge in [-0.3, -0.25) is 4.79 Å². The van der Waals surface area contributed by atoms with Gasteiger partial charge in [0.05, 0.1) is 5.56 Å². The predicted octanol–water partition coefficient (Wildman–Crippen LogP) is 1.68. The van der Waals surface area contributed by atoms with Crippen LogP contribution in [0.3, 0.4) is 0 Å². The summed E-state index contributed by atoms with van der Waals surface area (Å²) in [6.45, 7) is -0.561. The molecule has 13 heteroatoms. The molecule has 0 aromatic heterocycles. The van der Waals surface area contributed by atoms with E-state index in [0.717, 1.165) is 18.2 Å². The number of fused-ring (bicyclic) bond motifs is 1. The highest BCUT2D eigenvalue weighted by Gasteiger charge is 2.46. The quantitative estimate of drug-likeness (QED) is 0.0922. The summed E-state index contributed by atoms with van der Waals surface area (Å²) in [6.07, 6.45) is -5.91. The number of carbonyl (C=O) groups excluding carboxylic acids is 1. The van der Waals surface area contributed by atoms with E-state index >= 15 is 0 Å². The molecule has 1 aliphatic carbocycles. The molecule has 5 atom stereocenters. The Morgan fingerprint density at radius 1 is 0.837 bits per heavy atom. The van der Waals surface area contributed by atoms with Crippen LogP contribution in [0.5, 0.6) is 28.7 Å². The van der Waals surface area contributed by atoms with E-state index in [-0.39, 0.29) is 40.1 Å². The molecule has 1 saturated heterocycles. The number of hydrogen-bond acceptors (Lipinski definition) is 13. The summed E-state index contributed by atoms with van der Waals surface area (Å²) >= 11 is 0. The van der Waals surface area contributed by atoms with Gasteiger partial charge in [0, 0.05) is 23.8 Å². The summed E-state index contributed by atoms with van der Waals surface area (Å²) in [6, 6.07) is 13.1. The van der Waals surface area contributed by atoms with Gasteiger partial charge in [-0.15, -0.1) is 0 Å². The molecule has 0 unspecified atom stereocenters. The first-order chi connectivity index (χ1) is 20.5. The molecule has 2 aromatic rings. The zero-order chi connectivity index (χ0) is 30.8. The molecule has 2 aromatic carbocycles. The van der Waals surface area contributed by atoms with Gasteiger partial charge >= 0.3 is 5.97 Å². The molecule has 0 radical (unpaired) electrons. The number of phenols is 4. The van der Waals surface area contributed by atoms with E-state index in [1.807, 2.05) is 0 Å². The van der Waals surface area contributed by atoms with Crippen LogP contribution in [0, 0.1) is 0 Å². The van der Waals surface area contributed by atoms with Crippen molar-refractivity contribution in [2.45, 2.75) is 30.7 Å². The van der Waals surface area contributed by atoms with Crippen molar-refractivity contribution in [3.05, 3.63) is 82.5 Å². The second kappa shape index (κ2) is 12.0. The van der Waals surface area contributed by atoms with E-state index in [4.69, 9.17) is 18.6 Å². The van der Waals surface area contributed by atoms with E-state index in [1.54, 1.807) is 0 Å². The minimum atomic E-state index is -1.79. The van der Waals surface area contributed by atoms with E-state index in [9.17, 15) is 45.3 Å². The Labute approximate surface area is 242 Å². The molecule has 224 valence electrons. The number of aliphatic hydroxyl groups excluding tert-OH is 3. The Kier molecular flexibility index (Phi) is 8.23. The molecule has 3 aliphatic rings. The number of ether oxygens (including phenoxy) is 3. The number of rotatable bonds is 7. The fraction of sp³-hybridized carbons (Fsp3) is 0.200. The van der Waals surface area contributed by atoms with Gasteiger partial charge in [-0.25, -0.2) is 4.79 Å². The lowest BCUT2D eigenvalue weighted by molar-refractivity contribution is -0.278. The zero-order valence-corrected chi connectivity index (χ0v) is 22.1. The minimum absolute atomic E-state index is 0.0151. The number of carbonyl (C=O) groups is 1. The lowest BCUT2D eigenvalue weighted by Gasteiger charge is -2.40. The smallest absolute Gasteiger partial charge is 0.330 e. The van der Waals surface area contributed by atoms with Gasteiger partial charge < -0.3 is 54.4 Å². The summed E-state index contributed by atoms with van der Waals surface area (Å²) in [5.74, 6) is -2.10. The minimum Gasteiger partial charge on any atom is -0.508 e. The molecule has 43 heavy (non-hydrogen) atoms. The average Bonchev–Trinajstić information content (AvgIpc) is 2.97. The molecule has 13 nitrogen and oxygen atoms in total. The monoisotopic (exact) mass is 594 g/mol. The maximum absolute atomic E-state index is 12.3. The second-order valence-electron chi connectivity index (χ2n) is 9.68. The molecular formula is C30H26O13. The van der Waals surface area contributed by atoms with Crippen LogP contribution >= 0.6 is 0 Å². The third-order valence-corrected chi connectivity index (χ3v) is 6.65. The van der Waals surface area contributed by atoms with E-state index < -0.39 is 54.5 Å². The van der Waals surface area contributed by atoms with Crippen molar-refractivity contribution >= 4 is 12.0 Å². The van der Waals surface area contributed by atoms with Crippen LogP contribution in [0.25, 0.3) is 28.7 Å². The molecule has 7 N–H and O–H groups in total. The van der Waals surface area contributed by atoms with Crippen molar-refractivity contribution in [3.8, 4) is 51.4 Å². The van der Waals surface area contributed by atoms with E-state index in [1.165, 1.54) is 54.6 Å². The second-order valence-corrected chi connectivity index (χ2v) is 9.68. The fourth-order valence-electron chi connectivity index (χ4n) is 4.37. The standard InChI is InChI=1S/C30H26O13/c31-16-5-3-15(4-6-16)29-23(12-18-20(34)10-17(32)11-22(18)41-29)42-30-28(39)27(38)26(37)24(43-30)13-40-25(36)8-2-14-1-7-19(33)21(35)9-14/h1-12,24,26-28,30-31,33-35,37-39H,13H2/t24-,26-,27+,28-,30-/m1/s1. The Morgan fingerprint density at radius 3 is 2.30 bits per heavy atom. The topological polar surface area (TPSA) is 217 Å². The van der Waals surface area contributed by atoms with Crippen LogP contribution in [-0.2, 0) is 14.3 Å². The van der Waals surface area contributed by atoms with Crippen LogP contribution in [0.15, 0.2) is 76.0 Å². The zero-order valence-electron chi connectivity index (χ0n) is 22.1. The molecule has 2 heterocycles. The molecule has 2 aliphatic heterocycles. The summed E-state index contributed by atoms with van der Waals surface area (Å²) in [5, 5.41) is 70.6. The van der Waals surface area contributed by atoms with Crippen LogP contribution < -0.4 is 10.2 Å². The molecule has 0 bridgehead atoms. The van der Waals surface area contributed by atoms with E-state index in [0.29, 0.717) is 11.1 Å². The number of aliphatic hydroxyl groups is 3. The molecule has 0 amide bonds. The molecule has 0 saturated carbocycles. The summed E-state index contributed by atoms with van der Waals surface area (Å²) < 4.78 is 22.5. The lowest BCUT2D eigenvalue weighted by Crippen LogP contribution is -2.60. The summed E-state index contributed by atoms with van der Waals surface area (Å²) in [7, 11) is 0. The highest BCUT2D eigenvalue weighted by atomic mass is 16.7. The summed E-state index contributed by atoms with van der Waals surface area (Å²) in [4.78, 5) is 24.2. The van der Waals surface area contributed by atoms with Crippen LogP contribution in [0.1, 0.15) is 5.56 Å². The molecular weight excluding hydrogens is 568 g/mol. The van der Waals surface area contributed by atoms with Crippen LogP contribution in [0.4, 0.5) is 0 Å². The van der Waals surface area contributed by atoms with Gasteiger partial charge in [-0.1, -0.05) is 6.07 Å². The van der Waals surface area contributed by atoms with Crippen molar-refractivity contribution in [1.82, 2.24) is 0 Å². The van der Waals surface area contributed by atoms with E-state index in [2.05, 4.69) is 0 Å². The first-order valence-corrected chi connectivity index (χ1v) is 12.8. The van der Waals surface area contributed by atoms with Gasteiger partial charge in [0.25, 0.3) is 0 Å². The largest absolute Gasteiger partial charge is 0.508 e. The number of esters is 1. The lowest BCUT2D eigenvalue weighted by atomic mass is 9.99. The van der Waals surface area contributed by atoms with Crippen molar-refractivity contribution in [3.63, 3.8) is 0 Å². The first-order valence-electron chi connectivity index (χ1n) is 12.8. The average molecular weight is 595 g/mol. The molecule has 0 spiro atoms. The fourth-order valence-corrected chi connectivity index (χ4v) is 4.37. The summed E-state index contributed by atoms with van der Waals surface area (Å²) in [5.41, 5.74) is 0.324. The SMILES string of the molecule is O=C(C=Cc1ccc(O)c(O)c1)OC[C@H]1O[C@@H](Oc2cc3c(O)cc(=O)cc-3oc2-c2ccc(O)cc2)[C@H](O)[C@@H](O)[C@@H]1O. The number of phenolic OH excluding ortho intramolecular Hbond substituents is 4. The Morgan fingerprint density at radius 2 is 1.58 bits per heavy atom. The molecule has 5 rings (SSSR count). The predicted molar refractivity (Wildman–Crippen MR) is 147 cm³/mol. The maximum atomic E-state index is 12.3. The van der Waals surface area contributed by atoms with Gasteiger partial charge in [-0.05, 0) is 54.1 Å². The van der Waals surface area contributed by atoms with Gasteiger partial charge in [-0.2, -0.15) is 0 Å². The van der Waals surface area contributed by atoms with Crippen LogP contribution in [-0.4, -0.2) is 79.0 Å². The highest BCUT2D eigenvalue weighted by molar-refractivity contribution is 5.87.